The SMILES string of the molecule is O=C(NCc1cccc2ccccc12)c1cnc(Cl)cn1. The van der Waals surface area contributed by atoms with Crippen LogP contribution in [0.1, 0.15) is 16.1 Å². The summed E-state index contributed by atoms with van der Waals surface area (Å²) in [6.45, 7) is 0.435. The van der Waals surface area contributed by atoms with Gasteiger partial charge in [-0.05, 0) is 16.3 Å². The molecule has 0 aliphatic rings. The van der Waals surface area contributed by atoms with Crippen LogP contribution >= 0.6 is 11.6 Å². The van der Waals surface area contributed by atoms with Gasteiger partial charge >= 0.3 is 0 Å². The molecule has 104 valence electrons. The smallest absolute Gasteiger partial charge is 0.271 e. The molecule has 0 fully saturated rings. The van der Waals surface area contributed by atoms with E-state index in [-0.39, 0.29) is 16.8 Å². The number of benzene rings is 2. The van der Waals surface area contributed by atoms with Gasteiger partial charge in [0.2, 0.25) is 0 Å². The topological polar surface area (TPSA) is 54.9 Å². The lowest BCUT2D eigenvalue weighted by Gasteiger charge is -2.08. The molecule has 1 heterocycles. The molecule has 1 aromatic heterocycles. The predicted molar refractivity (Wildman–Crippen MR) is 82.2 cm³/mol. The van der Waals surface area contributed by atoms with Crippen molar-refractivity contribution in [1.29, 1.82) is 0 Å². The molecule has 3 aromatic rings. The fourth-order valence-electron chi connectivity index (χ4n) is 2.14. The number of amides is 1. The standard InChI is InChI=1S/C16H12ClN3O/c17-15-10-18-14(9-19-15)16(21)20-8-12-6-3-5-11-4-1-2-7-13(11)12/h1-7,9-10H,8H2,(H,20,21). The number of aromatic nitrogens is 2. The van der Waals surface area contributed by atoms with E-state index >= 15 is 0 Å². The quantitative estimate of drug-likeness (QED) is 0.807. The first-order valence-electron chi connectivity index (χ1n) is 6.46. The number of halogens is 1. The summed E-state index contributed by atoms with van der Waals surface area (Å²) in [4.78, 5) is 19.8. The van der Waals surface area contributed by atoms with Crippen LogP contribution in [0.3, 0.4) is 0 Å². The van der Waals surface area contributed by atoms with Crippen LogP contribution in [-0.4, -0.2) is 15.9 Å². The first kappa shape index (κ1) is 13.5. The Labute approximate surface area is 126 Å². The van der Waals surface area contributed by atoms with Crippen molar-refractivity contribution in [1.82, 2.24) is 15.3 Å². The normalized spacial score (nSPS) is 10.5. The number of nitrogens with zero attached hydrogens (tertiary/aromatic N) is 2. The zero-order valence-corrected chi connectivity index (χ0v) is 11.8. The zero-order valence-electron chi connectivity index (χ0n) is 11.1. The maximum atomic E-state index is 12.0. The molecule has 0 aliphatic heterocycles. The summed E-state index contributed by atoms with van der Waals surface area (Å²) >= 11 is 5.65. The number of rotatable bonds is 3. The number of nitrogens with one attached hydrogen (secondary N) is 1. The second-order valence-electron chi connectivity index (χ2n) is 4.55. The average Bonchev–Trinajstić information content (AvgIpc) is 2.53. The van der Waals surface area contributed by atoms with Gasteiger partial charge in [-0.3, -0.25) is 4.79 Å². The molecule has 0 radical (unpaired) electrons. The molecule has 0 aliphatic carbocycles. The molecule has 21 heavy (non-hydrogen) atoms. The van der Waals surface area contributed by atoms with E-state index in [0.29, 0.717) is 6.54 Å². The maximum absolute atomic E-state index is 12.0. The monoisotopic (exact) mass is 297 g/mol. The van der Waals surface area contributed by atoms with Crippen molar-refractivity contribution in [3.05, 3.63) is 71.3 Å². The molecule has 0 bridgehead atoms. The third-order valence-corrected chi connectivity index (χ3v) is 3.37. The van der Waals surface area contributed by atoms with Crippen LogP contribution in [0.15, 0.2) is 54.9 Å². The number of carbonyl (C=O) groups excluding carboxylic acids is 1. The van der Waals surface area contributed by atoms with Gasteiger partial charge in [-0.25, -0.2) is 9.97 Å². The Kier molecular flexibility index (Phi) is 3.79. The van der Waals surface area contributed by atoms with Crippen LogP contribution in [0.25, 0.3) is 10.8 Å². The minimum atomic E-state index is -0.271. The van der Waals surface area contributed by atoms with E-state index < -0.39 is 0 Å². The van der Waals surface area contributed by atoms with Crippen LogP contribution in [0.4, 0.5) is 0 Å². The highest BCUT2D eigenvalue weighted by molar-refractivity contribution is 6.29. The molecule has 0 saturated heterocycles. The van der Waals surface area contributed by atoms with Crippen molar-refractivity contribution in [2.24, 2.45) is 0 Å². The lowest BCUT2D eigenvalue weighted by atomic mass is 10.0. The molecular weight excluding hydrogens is 286 g/mol. The van der Waals surface area contributed by atoms with Crippen LogP contribution < -0.4 is 5.32 Å². The Morgan fingerprint density at radius 3 is 2.67 bits per heavy atom. The molecule has 0 unspecified atom stereocenters. The highest BCUT2D eigenvalue weighted by Gasteiger charge is 2.08. The van der Waals surface area contributed by atoms with Gasteiger partial charge in [-0.2, -0.15) is 0 Å². The Hall–Kier alpha value is -2.46. The van der Waals surface area contributed by atoms with Crippen molar-refractivity contribution in [3.8, 4) is 0 Å². The van der Waals surface area contributed by atoms with Gasteiger partial charge in [0.1, 0.15) is 10.8 Å². The Morgan fingerprint density at radius 2 is 1.86 bits per heavy atom. The van der Waals surface area contributed by atoms with Crippen molar-refractivity contribution in [2.45, 2.75) is 6.54 Å². The summed E-state index contributed by atoms with van der Waals surface area (Å²) in [5, 5.41) is 5.38. The van der Waals surface area contributed by atoms with Crippen molar-refractivity contribution >= 4 is 28.3 Å². The van der Waals surface area contributed by atoms with Crippen LogP contribution in [0.5, 0.6) is 0 Å². The maximum Gasteiger partial charge on any atom is 0.271 e. The summed E-state index contributed by atoms with van der Waals surface area (Å²) in [6, 6.07) is 14.1. The van der Waals surface area contributed by atoms with Gasteiger partial charge in [-0.1, -0.05) is 54.1 Å². The molecule has 3 rings (SSSR count). The number of hydrogen-bond donors (Lipinski definition) is 1. The fraction of sp³-hybridized carbons (Fsp3) is 0.0625. The Bertz CT molecular complexity index is 782. The van der Waals surface area contributed by atoms with Gasteiger partial charge in [0.15, 0.2) is 0 Å². The molecule has 0 atom stereocenters. The van der Waals surface area contributed by atoms with Gasteiger partial charge in [0.25, 0.3) is 5.91 Å². The summed E-state index contributed by atoms with van der Waals surface area (Å²) in [5.41, 5.74) is 1.31. The second-order valence-corrected chi connectivity index (χ2v) is 4.93. The Balaban J connectivity index is 1.77. The third-order valence-electron chi connectivity index (χ3n) is 3.17. The van der Waals surface area contributed by atoms with E-state index in [0.717, 1.165) is 16.3 Å². The van der Waals surface area contributed by atoms with E-state index in [2.05, 4.69) is 15.3 Å². The third kappa shape index (κ3) is 3.01. The second kappa shape index (κ2) is 5.89. The molecular formula is C16H12ClN3O. The molecule has 1 N–H and O–H groups in total. The van der Waals surface area contributed by atoms with E-state index in [4.69, 9.17) is 11.6 Å². The summed E-state index contributed by atoms with van der Waals surface area (Å²) in [6.07, 6.45) is 2.72. The van der Waals surface area contributed by atoms with E-state index in [1.54, 1.807) is 0 Å². The molecule has 5 heteroatoms. The first-order chi connectivity index (χ1) is 10.2. The predicted octanol–water partition coefficient (Wildman–Crippen LogP) is 3.21. The lowest BCUT2D eigenvalue weighted by Crippen LogP contribution is -2.24. The van der Waals surface area contributed by atoms with Gasteiger partial charge in [0, 0.05) is 6.54 Å². The van der Waals surface area contributed by atoms with Crippen LogP contribution in [0, 0.1) is 0 Å². The summed E-state index contributed by atoms with van der Waals surface area (Å²) in [5.74, 6) is -0.271. The highest BCUT2D eigenvalue weighted by Crippen LogP contribution is 2.18. The number of fused-ring (bicyclic) bond motifs is 1. The van der Waals surface area contributed by atoms with E-state index in [1.807, 2.05) is 42.5 Å². The van der Waals surface area contributed by atoms with Gasteiger partial charge in [0.05, 0.1) is 12.4 Å². The first-order valence-corrected chi connectivity index (χ1v) is 6.84. The number of carbonyl (C=O) groups is 1. The lowest BCUT2D eigenvalue weighted by molar-refractivity contribution is 0.0945. The number of hydrogen-bond acceptors (Lipinski definition) is 3. The van der Waals surface area contributed by atoms with Crippen LogP contribution in [0.2, 0.25) is 5.15 Å². The molecule has 1 amide bonds. The summed E-state index contributed by atoms with van der Waals surface area (Å²) < 4.78 is 0. The molecule has 2 aromatic carbocycles. The summed E-state index contributed by atoms with van der Waals surface area (Å²) in [7, 11) is 0. The van der Waals surface area contributed by atoms with Gasteiger partial charge in [-0.15, -0.1) is 0 Å². The highest BCUT2D eigenvalue weighted by atomic mass is 35.5. The molecule has 4 nitrogen and oxygen atoms in total. The zero-order chi connectivity index (χ0) is 14.7. The minimum Gasteiger partial charge on any atom is -0.347 e. The van der Waals surface area contributed by atoms with E-state index in [9.17, 15) is 4.79 Å². The largest absolute Gasteiger partial charge is 0.347 e. The van der Waals surface area contributed by atoms with Gasteiger partial charge < -0.3 is 5.32 Å². The average molecular weight is 298 g/mol. The van der Waals surface area contributed by atoms with Crippen LogP contribution in [-0.2, 0) is 6.54 Å². The fourth-order valence-corrected chi connectivity index (χ4v) is 2.24. The minimum absolute atomic E-state index is 0.250. The van der Waals surface area contributed by atoms with Crippen molar-refractivity contribution in [2.75, 3.05) is 0 Å². The Morgan fingerprint density at radius 1 is 1.05 bits per heavy atom. The van der Waals surface area contributed by atoms with Crippen molar-refractivity contribution in [3.63, 3.8) is 0 Å². The van der Waals surface area contributed by atoms with Crippen molar-refractivity contribution < 1.29 is 4.79 Å². The molecule has 0 saturated carbocycles. The van der Waals surface area contributed by atoms with E-state index in [1.165, 1.54) is 12.4 Å². The molecule has 0 spiro atoms.